The quantitative estimate of drug-likeness (QED) is 0.864. The summed E-state index contributed by atoms with van der Waals surface area (Å²) in [5, 5.41) is 4.23. The largest absolute Gasteiger partial charge is 0.338 e. The molecule has 1 aromatic heterocycles. The number of hydrogen-bond acceptors (Lipinski definition) is 5. The lowest BCUT2D eigenvalue weighted by molar-refractivity contribution is 0.111. The number of aryl methyl sites for hydroxylation is 1. The summed E-state index contributed by atoms with van der Waals surface area (Å²) in [6.45, 7) is 6.66. The van der Waals surface area contributed by atoms with Gasteiger partial charge >= 0.3 is 0 Å². The molecule has 0 aliphatic carbocycles. The van der Waals surface area contributed by atoms with Crippen molar-refractivity contribution < 1.29 is 8.91 Å². The monoisotopic (exact) mass is 324 g/mol. The van der Waals surface area contributed by atoms with Gasteiger partial charge in [-0.2, -0.15) is 4.98 Å². The fourth-order valence-corrected chi connectivity index (χ4v) is 2.75. The van der Waals surface area contributed by atoms with E-state index in [2.05, 4.69) is 19.9 Å². The van der Waals surface area contributed by atoms with Gasteiger partial charge in [-0.1, -0.05) is 22.8 Å². The lowest BCUT2D eigenvalue weighted by Gasteiger charge is -2.33. The number of hydrogen-bond donors (Lipinski definition) is 0. The van der Waals surface area contributed by atoms with Crippen molar-refractivity contribution in [2.75, 3.05) is 26.2 Å². The first kappa shape index (κ1) is 15.4. The van der Waals surface area contributed by atoms with Crippen molar-refractivity contribution in [3.63, 3.8) is 0 Å². The van der Waals surface area contributed by atoms with Crippen LogP contribution in [-0.2, 0) is 13.1 Å². The van der Waals surface area contributed by atoms with Gasteiger partial charge < -0.3 is 4.52 Å². The second-order valence-electron chi connectivity index (χ2n) is 5.52. The third-order valence-corrected chi connectivity index (χ3v) is 4.04. The Morgan fingerprint density at radius 3 is 2.45 bits per heavy atom. The van der Waals surface area contributed by atoms with Gasteiger partial charge in [-0.3, -0.25) is 9.80 Å². The molecule has 0 unspecified atom stereocenters. The number of nitrogens with zero attached hydrogens (tertiary/aromatic N) is 4. The molecule has 5 nitrogen and oxygen atoms in total. The van der Waals surface area contributed by atoms with E-state index in [0.717, 1.165) is 26.2 Å². The van der Waals surface area contributed by atoms with Crippen LogP contribution in [0.3, 0.4) is 0 Å². The zero-order chi connectivity index (χ0) is 15.5. The van der Waals surface area contributed by atoms with Gasteiger partial charge in [0.05, 0.1) is 6.54 Å². The van der Waals surface area contributed by atoms with Crippen LogP contribution < -0.4 is 0 Å². The maximum absolute atomic E-state index is 13.8. The Morgan fingerprint density at radius 2 is 1.86 bits per heavy atom. The molecule has 1 aliphatic rings. The Kier molecular flexibility index (Phi) is 4.71. The average Bonchev–Trinajstić information content (AvgIpc) is 2.89. The van der Waals surface area contributed by atoms with Gasteiger partial charge in [0.2, 0.25) is 5.89 Å². The number of rotatable bonds is 4. The summed E-state index contributed by atoms with van der Waals surface area (Å²) < 4.78 is 19.0. The first-order valence-electron chi connectivity index (χ1n) is 7.28. The molecule has 1 saturated heterocycles. The summed E-state index contributed by atoms with van der Waals surface area (Å²) >= 11 is 5.78. The molecule has 0 spiro atoms. The molecule has 0 saturated carbocycles. The summed E-state index contributed by atoms with van der Waals surface area (Å²) in [6.07, 6.45) is 0. The average molecular weight is 325 g/mol. The van der Waals surface area contributed by atoms with Gasteiger partial charge in [-0.25, -0.2) is 4.39 Å². The van der Waals surface area contributed by atoms with E-state index in [1.165, 1.54) is 6.07 Å². The standard InChI is InChI=1S/C15H18ClFN4O/c1-11-18-15(22-19-11)10-21-6-4-20(5-7-21)9-12-2-3-13(16)8-14(12)17/h2-3,8H,4-7,9-10H2,1H3. The number of aromatic nitrogens is 2. The van der Waals surface area contributed by atoms with Gasteiger partial charge in [0.25, 0.3) is 0 Å². The highest BCUT2D eigenvalue weighted by atomic mass is 35.5. The van der Waals surface area contributed by atoms with E-state index in [1.807, 2.05) is 6.92 Å². The molecule has 0 bridgehead atoms. The Balaban J connectivity index is 1.51. The van der Waals surface area contributed by atoms with Gasteiger partial charge in [0.1, 0.15) is 5.82 Å². The number of halogens is 2. The van der Waals surface area contributed by atoms with Gasteiger partial charge in [-0.15, -0.1) is 0 Å². The Labute approximate surface area is 133 Å². The normalized spacial score (nSPS) is 17.0. The molecule has 0 radical (unpaired) electrons. The minimum atomic E-state index is -0.240. The molecule has 1 fully saturated rings. The molecule has 0 atom stereocenters. The van der Waals surface area contributed by atoms with Crippen molar-refractivity contribution in [2.24, 2.45) is 0 Å². The van der Waals surface area contributed by atoms with Crippen molar-refractivity contribution in [3.8, 4) is 0 Å². The molecule has 2 heterocycles. The van der Waals surface area contributed by atoms with Gasteiger partial charge in [-0.05, 0) is 19.1 Å². The third-order valence-electron chi connectivity index (χ3n) is 3.80. The predicted octanol–water partition coefficient (Wildman–Crippen LogP) is 2.49. The Morgan fingerprint density at radius 1 is 1.18 bits per heavy atom. The van der Waals surface area contributed by atoms with Crippen LogP contribution in [0.25, 0.3) is 0 Å². The van der Waals surface area contributed by atoms with Crippen molar-refractivity contribution >= 4 is 11.6 Å². The third kappa shape index (κ3) is 3.82. The zero-order valence-corrected chi connectivity index (χ0v) is 13.2. The number of benzene rings is 1. The van der Waals surface area contributed by atoms with Crippen LogP contribution in [0.15, 0.2) is 22.7 Å². The smallest absolute Gasteiger partial charge is 0.240 e. The first-order valence-corrected chi connectivity index (χ1v) is 7.66. The minimum absolute atomic E-state index is 0.240. The lowest BCUT2D eigenvalue weighted by atomic mass is 10.2. The SMILES string of the molecule is Cc1noc(CN2CCN(Cc3ccc(Cl)cc3F)CC2)n1. The van der Waals surface area contributed by atoms with E-state index in [0.29, 0.717) is 35.4 Å². The van der Waals surface area contributed by atoms with Gasteiger partial charge in [0, 0.05) is 43.3 Å². The van der Waals surface area contributed by atoms with E-state index in [1.54, 1.807) is 12.1 Å². The van der Waals surface area contributed by atoms with Crippen LogP contribution in [0, 0.1) is 12.7 Å². The van der Waals surface area contributed by atoms with Crippen LogP contribution in [0.4, 0.5) is 4.39 Å². The van der Waals surface area contributed by atoms with Crippen molar-refractivity contribution in [1.82, 2.24) is 19.9 Å². The zero-order valence-electron chi connectivity index (χ0n) is 12.4. The topological polar surface area (TPSA) is 45.4 Å². The summed E-state index contributed by atoms with van der Waals surface area (Å²) in [5.74, 6) is 1.07. The van der Waals surface area contributed by atoms with Crippen molar-refractivity contribution in [1.29, 1.82) is 0 Å². The number of piperazine rings is 1. The first-order chi connectivity index (χ1) is 10.6. The fourth-order valence-electron chi connectivity index (χ4n) is 2.59. The van der Waals surface area contributed by atoms with Crippen LogP contribution in [0.5, 0.6) is 0 Å². The molecule has 0 N–H and O–H groups in total. The van der Waals surface area contributed by atoms with Crippen LogP contribution >= 0.6 is 11.6 Å². The van der Waals surface area contributed by atoms with Crippen LogP contribution in [-0.4, -0.2) is 46.1 Å². The lowest BCUT2D eigenvalue weighted by Crippen LogP contribution is -2.45. The maximum atomic E-state index is 13.8. The van der Waals surface area contributed by atoms with Crippen LogP contribution in [0.1, 0.15) is 17.3 Å². The molecule has 118 valence electrons. The van der Waals surface area contributed by atoms with E-state index in [-0.39, 0.29) is 5.82 Å². The van der Waals surface area contributed by atoms with Crippen molar-refractivity contribution in [2.45, 2.75) is 20.0 Å². The summed E-state index contributed by atoms with van der Waals surface area (Å²) in [7, 11) is 0. The highest BCUT2D eigenvalue weighted by molar-refractivity contribution is 6.30. The Hall–Kier alpha value is -1.50. The maximum Gasteiger partial charge on any atom is 0.240 e. The van der Waals surface area contributed by atoms with E-state index < -0.39 is 0 Å². The van der Waals surface area contributed by atoms with Crippen LogP contribution in [0.2, 0.25) is 5.02 Å². The highest BCUT2D eigenvalue weighted by Crippen LogP contribution is 2.17. The van der Waals surface area contributed by atoms with E-state index in [4.69, 9.17) is 16.1 Å². The summed E-state index contributed by atoms with van der Waals surface area (Å²) in [5.41, 5.74) is 0.686. The summed E-state index contributed by atoms with van der Waals surface area (Å²) in [6, 6.07) is 4.85. The molecule has 7 heteroatoms. The summed E-state index contributed by atoms with van der Waals surface area (Å²) in [4.78, 5) is 8.72. The molecule has 22 heavy (non-hydrogen) atoms. The van der Waals surface area contributed by atoms with Gasteiger partial charge in [0.15, 0.2) is 5.82 Å². The van der Waals surface area contributed by atoms with E-state index in [9.17, 15) is 4.39 Å². The fraction of sp³-hybridized carbons (Fsp3) is 0.467. The molecule has 0 amide bonds. The molecule has 1 aliphatic heterocycles. The molecule has 1 aromatic carbocycles. The predicted molar refractivity (Wildman–Crippen MR) is 81.0 cm³/mol. The second kappa shape index (κ2) is 6.73. The second-order valence-corrected chi connectivity index (χ2v) is 5.96. The minimum Gasteiger partial charge on any atom is -0.338 e. The molecule has 2 aromatic rings. The van der Waals surface area contributed by atoms with Crippen molar-refractivity contribution in [3.05, 3.63) is 46.3 Å². The van der Waals surface area contributed by atoms with E-state index >= 15 is 0 Å². The molecule has 3 rings (SSSR count). The highest BCUT2D eigenvalue weighted by Gasteiger charge is 2.19. The molecular formula is C15H18ClFN4O. The molecular weight excluding hydrogens is 307 g/mol. The Bertz CT molecular complexity index is 640.